The molecule has 0 heterocycles. The molecule has 4 atom stereocenters. The molecule has 0 spiro atoms. The summed E-state index contributed by atoms with van der Waals surface area (Å²) in [5, 5.41) is 0. The number of hydrogen-bond acceptors (Lipinski definition) is 4. The maximum absolute atomic E-state index is 12.7. The van der Waals surface area contributed by atoms with E-state index in [-0.39, 0.29) is 29.4 Å². The number of ether oxygens (including phenoxy) is 2. The minimum absolute atomic E-state index is 0.0768. The fraction of sp³-hybridized carbons (Fsp3) is 0.652. The SMILES string of the molecule is COC(=O)[C@]1(C)CCC[C@]2(C)c3ccc(C(C)C)cc3[C@@H](OC(C)=O)C[C@H]12. The van der Waals surface area contributed by atoms with Gasteiger partial charge in [0, 0.05) is 6.92 Å². The average molecular weight is 373 g/mol. The molecule has 0 unspecified atom stereocenters. The van der Waals surface area contributed by atoms with Crippen molar-refractivity contribution in [3.05, 3.63) is 34.9 Å². The predicted octanol–water partition coefficient (Wildman–Crippen LogP) is 5.06. The van der Waals surface area contributed by atoms with Crippen LogP contribution in [0.3, 0.4) is 0 Å². The molecule has 0 aliphatic heterocycles. The first-order valence-corrected chi connectivity index (χ1v) is 10.0. The number of carbonyl (C=O) groups excluding carboxylic acids is 2. The summed E-state index contributed by atoms with van der Waals surface area (Å²) in [6.07, 6.45) is 3.19. The van der Waals surface area contributed by atoms with Gasteiger partial charge in [0.05, 0.1) is 12.5 Å². The molecule has 0 bridgehead atoms. The van der Waals surface area contributed by atoms with Crippen molar-refractivity contribution in [3.8, 4) is 0 Å². The van der Waals surface area contributed by atoms with Crippen LogP contribution in [0, 0.1) is 11.3 Å². The van der Waals surface area contributed by atoms with Crippen LogP contribution in [-0.4, -0.2) is 19.0 Å². The van der Waals surface area contributed by atoms with Crippen LogP contribution >= 0.6 is 0 Å². The summed E-state index contributed by atoms with van der Waals surface area (Å²) < 4.78 is 11.0. The van der Waals surface area contributed by atoms with Crippen LogP contribution in [0.25, 0.3) is 0 Å². The monoisotopic (exact) mass is 372 g/mol. The molecular formula is C23H32O4. The first-order valence-electron chi connectivity index (χ1n) is 10.0. The van der Waals surface area contributed by atoms with Crippen molar-refractivity contribution in [2.45, 2.75) is 77.7 Å². The van der Waals surface area contributed by atoms with E-state index < -0.39 is 5.41 Å². The summed E-state index contributed by atoms with van der Waals surface area (Å²) in [6, 6.07) is 6.60. The van der Waals surface area contributed by atoms with E-state index in [4.69, 9.17) is 9.47 Å². The molecule has 1 aromatic carbocycles. The molecule has 0 saturated heterocycles. The number of carbonyl (C=O) groups is 2. The zero-order chi connectivity index (χ0) is 20.0. The van der Waals surface area contributed by atoms with Gasteiger partial charge in [0.25, 0.3) is 0 Å². The maximum Gasteiger partial charge on any atom is 0.311 e. The van der Waals surface area contributed by atoms with Crippen LogP contribution in [0.5, 0.6) is 0 Å². The normalized spacial score (nSPS) is 32.4. The minimum atomic E-state index is -0.561. The minimum Gasteiger partial charge on any atom is -0.469 e. The fourth-order valence-electron chi connectivity index (χ4n) is 5.57. The number of hydrogen-bond donors (Lipinski definition) is 0. The van der Waals surface area contributed by atoms with Gasteiger partial charge in [0.2, 0.25) is 0 Å². The Morgan fingerprint density at radius 2 is 1.89 bits per heavy atom. The second-order valence-electron chi connectivity index (χ2n) is 9.07. The summed E-state index contributed by atoms with van der Waals surface area (Å²) in [4.78, 5) is 24.6. The third kappa shape index (κ3) is 3.17. The summed E-state index contributed by atoms with van der Waals surface area (Å²) >= 11 is 0. The van der Waals surface area contributed by atoms with Gasteiger partial charge >= 0.3 is 11.9 Å². The standard InChI is InChI=1S/C23H32O4/c1-14(2)16-8-9-18-17(12-16)19(27-15(3)24)13-20-22(18,4)10-7-11-23(20,5)21(25)26-6/h8-9,12,14,19-20H,7,10-11,13H2,1-6H3/t19-,20-,22+,23+/m0/s1. The summed E-state index contributed by atoms with van der Waals surface area (Å²) in [5.41, 5.74) is 2.91. The fourth-order valence-corrected chi connectivity index (χ4v) is 5.57. The van der Waals surface area contributed by atoms with Crippen molar-refractivity contribution < 1.29 is 19.1 Å². The molecule has 4 nitrogen and oxygen atoms in total. The van der Waals surface area contributed by atoms with Gasteiger partial charge in [-0.3, -0.25) is 9.59 Å². The third-order valence-corrected chi connectivity index (χ3v) is 7.04. The molecule has 1 fully saturated rings. The summed E-state index contributed by atoms with van der Waals surface area (Å²) in [7, 11) is 1.47. The largest absolute Gasteiger partial charge is 0.469 e. The third-order valence-electron chi connectivity index (χ3n) is 7.04. The highest BCUT2D eigenvalue weighted by molar-refractivity contribution is 5.77. The summed E-state index contributed by atoms with van der Waals surface area (Å²) in [6.45, 7) is 10.1. The van der Waals surface area contributed by atoms with Crippen LogP contribution in [0.1, 0.15) is 89.0 Å². The lowest BCUT2D eigenvalue weighted by Gasteiger charge is -2.55. The van der Waals surface area contributed by atoms with Gasteiger partial charge in [-0.2, -0.15) is 0 Å². The smallest absolute Gasteiger partial charge is 0.311 e. The predicted molar refractivity (Wildman–Crippen MR) is 104 cm³/mol. The van der Waals surface area contributed by atoms with E-state index in [1.807, 2.05) is 6.92 Å². The van der Waals surface area contributed by atoms with Crippen LogP contribution in [0.15, 0.2) is 18.2 Å². The van der Waals surface area contributed by atoms with E-state index in [0.717, 1.165) is 24.8 Å². The van der Waals surface area contributed by atoms with E-state index in [0.29, 0.717) is 12.3 Å². The molecule has 0 aromatic heterocycles. The Morgan fingerprint density at radius 3 is 2.48 bits per heavy atom. The molecule has 27 heavy (non-hydrogen) atoms. The Labute approximate surface area is 162 Å². The molecule has 0 radical (unpaired) electrons. The van der Waals surface area contributed by atoms with Crippen LogP contribution in [0.2, 0.25) is 0 Å². The van der Waals surface area contributed by atoms with Crippen LogP contribution in [0.4, 0.5) is 0 Å². The lowest BCUT2D eigenvalue weighted by Crippen LogP contribution is -2.53. The molecular weight excluding hydrogens is 340 g/mol. The van der Waals surface area contributed by atoms with Crippen molar-refractivity contribution in [2.75, 3.05) is 7.11 Å². The van der Waals surface area contributed by atoms with Crippen LogP contribution < -0.4 is 0 Å². The second-order valence-corrected chi connectivity index (χ2v) is 9.07. The van der Waals surface area contributed by atoms with Gasteiger partial charge < -0.3 is 9.47 Å². The summed E-state index contributed by atoms with van der Waals surface area (Å²) in [5.74, 6) is 0.0563. The molecule has 0 amide bonds. The van der Waals surface area contributed by atoms with Gasteiger partial charge in [0.15, 0.2) is 0 Å². The Kier molecular flexibility index (Phi) is 5.13. The number of benzene rings is 1. The molecule has 3 rings (SSSR count). The highest BCUT2D eigenvalue weighted by Crippen LogP contribution is 2.60. The van der Waals surface area contributed by atoms with Crippen molar-refractivity contribution >= 4 is 11.9 Å². The van der Waals surface area contributed by atoms with Gasteiger partial charge in [-0.15, -0.1) is 0 Å². The quantitative estimate of drug-likeness (QED) is 0.696. The Balaban J connectivity index is 2.16. The van der Waals surface area contributed by atoms with Gasteiger partial charge in [-0.25, -0.2) is 0 Å². The van der Waals surface area contributed by atoms with E-state index in [9.17, 15) is 9.59 Å². The Bertz CT molecular complexity index is 753. The number of rotatable bonds is 3. The number of esters is 2. The molecule has 2 aliphatic rings. The highest BCUT2D eigenvalue weighted by Gasteiger charge is 2.57. The lowest BCUT2D eigenvalue weighted by atomic mass is 9.49. The van der Waals surface area contributed by atoms with Crippen molar-refractivity contribution in [1.29, 1.82) is 0 Å². The van der Waals surface area contributed by atoms with Crippen molar-refractivity contribution in [1.82, 2.24) is 0 Å². The van der Waals surface area contributed by atoms with Crippen molar-refractivity contribution in [2.24, 2.45) is 11.3 Å². The Hall–Kier alpha value is -1.84. The van der Waals surface area contributed by atoms with E-state index in [1.165, 1.54) is 25.2 Å². The Morgan fingerprint density at radius 1 is 1.19 bits per heavy atom. The lowest BCUT2D eigenvalue weighted by molar-refractivity contribution is -0.165. The first-order chi connectivity index (χ1) is 12.6. The van der Waals surface area contributed by atoms with Gasteiger partial charge in [-0.05, 0) is 60.1 Å². The number of fused-ring (bicyclic) bond motifs is 3. The van der Waals surface area contributed by atoms with Gasteiger partial charge in [-0.1, -0.05) is 45.4 Å². The molecule has 1 aromatic rings. The second kappa shape index (κ2) is 6.96. The molecule has 0 N–H and O–H groups in total. The van der Waals surface area contributed by atoms with E-state index in [2.05, 4.69) is 39.0 Å². The zero-order valence-corrected chi connectivity index (χ0v) is 17.4. The average Bonchev–Trinajstić information content (AvgIpc) is 2.61. The van der Waals surface area contributed by atoms with Gasteiger partial charge in [0.1, 0.15) is 6.10 Å². The van der Waals surface area contributed by atoms with E-state index >= 15 is 0 Å². The molecule has 4 heteroatoms. The first kappa shape index (κ1) is 19.9. The molecule has 2 aliphatic carbocycles. The molecule has 1 saturated carbocycles. The van der Waals surface area contributed by atoms with Crippen molar-refractivity contribution in [3.63, 3.8) is 0 Å². The molecule has 148 valence electrons. The number of methoxy groups -OCH3 is 1. The highest BCUT2D eigenvalue weighted by atomic mass is 16.5. The topological polar surface area (TPSA) is 52.6 Å². The zero-order valence-electron chi connectivity index (χ0n) is 17.4. The van der Waals surface area contributed by atoms with E-state index in [1.54, 1.807) is 0 Å². The van der Waals surface area contributed by atoms with Crippen LogP contribution in [-0.2, 0) is 24.5 Å². The maximum atomic E-state index is 12.7.